The smallest absolute Gasteiger partial charge is 0.137 e. The van der Waals surface area contributed by atoms with Crippen molar-refractivity contribution in [3.05, 3.63) is 243 Å². The first-order valence-electron chi connectivity index (χ1n) is 21.5. The summed E-state index contributed by atoms with van der Waals surface area (Å²) < 4.78 is 8.91. The van der Waals surface area contributed by atoms with E-state index in [9.17, 15) is 0 Å². The van der Waals surface area contributed by atoms with Crippen LogP contribution in [0.15, 0.2) is 247 Å². The summed E-state index contributed by atoms with van der Waals surface area (Å²) in [6.45, 7) is 0. The van der Waals surface area contributed by atoms with E-state index < -0.39 is 0 Å². The predicted octanol–water partition coefficient (Wildman–Crippen LogP) is 16.8. The Morgan fingerprint density at radius 1 is 0.302 bits per heavy atom. The molecular weight excluding hydrogens is 765 g/mol. The summed E-state index contributed by atoms with van der Waals surface area (Å²) in [5, 5.41) is 4.70. The van der Waals surface area contributed by atoms with Crippen molar-refractivity contribution in [3.63, 3.8) is 0 Å². The van der Waals surface area contributed by atoms with Crippen molar-refractivity contribution in [3.8, 4) is 50.2 Å². The molecule has 0 aliphatic rings. The van der Waals surface area contributed by atoms with Gasteiger partial charge in [-0.3, -0.25) is 0 Å². The number of hydrogen-bond acceptors (Lipinski definition) is 2. The van der Waals surface area contributed by atoms with Crippen molar-refractivity contribution in [1.29, 1.82) is 0 Å². The number of para-hydroxylation sites is 4. The van der Waals surface area contributed by atoms with Gasteiger partial charge in [-0.05, 0) is 106 Å². The van der Waals surface area contributed by atoms with Crippen LogP contribution in [0.4, 0.5) is 17.1 Å². The van der Waals surface area contributed by atoms with Gasteiger partial charge in [0.05, 0.1) is 16.7 Å². The zero-order valence-corrected chi connectivity index (χ0v) is 34.4. The first-order valence-corrected chi connectivity index (χ1v) is 21.5. The number of rotatable bonds is 8. The lowest BCUT2D eigenvalue weighted by Gasteiger charge is -2.29. The molecule has 0 radical (unpaired) electrons. The molecule has 0 atom stereocenters. The monoisotopic (exact) mass is 804 g/mol. The van der Waals surface area contributed by atoms with Crippen LogP contribution in [0.25, 0.3) is 93.9 Å². The maximum absolute atomic E-state index is 6.54. The van der Waals surface area contributed by atoms with Gasteiger partial charge >= 0.3 is 0 Å². The number of furan rings is 1. The highest BCUT2D eigenvalue weighted by Gasteiger charge is 2.22. The third-order valence-electron chi connectivity index (χ3n) is 12.4. The van der Waals surface area contributed by atoms with Crippen LogP contribution < -0.4 is 4.90 Å². The van der Waals surface area contributed by atoms with Gasteiger partial charge in [-0.25, -0.2) is 0 Å². The molecule has 2 aromatic heterocycles. The molecule has 0 fully saturated rings. The minimum atomic E-state index is 0.850. The van der Waals surface area contributed by atoms with Gasteiger partial charge in [0.1, 0.15) is 11.2 Å². The van der Waals surface area contributed by atoms with Crippen molar-refractivity contribution in [2.45, 2.75) is 0 Å². The maximum atomic E-state index is 6.54. The second-order valence-electron chi connectivity index (χ2n) is 16.1. The van der Waals surface area contributed by atoms with Crippen molar-refractivity contribution in [2.24, 2.45) is 0 Å². The van der Waals surface area contributed by atoms with Gasteiger partial charge in [0.25, 0.3) is 0 Å². The molecule has 0 N–H and O–H groups in total. The zero-order chi connectivity index (χ0) is 41.7. The van der Waals surface area contributed by atoms with E-state index in [-0.39, 0.29) is 0 Å². The van der Waals surface area contributed by atoms with E-state index in [4.69, 9.17) is 4.42 Å². The average molecular weight is 805 g/mol. The Bertz CT molecular complexity index is 3570. The van der Waals surface area contributed by atoms with E-state index in [0.717, 1.165) is 61.4 Å². The normalized spacial score (nSPS) is 11.5. The van der Waals surface area contributed by atoms with Crippen LogP contribution in [0.2, 0.25) is 0 Å². The Hall–Kier alpha value is -8.40. The summed E-state index contributed by atoms with van der Waals surface area (Å²) in [5.74, 6) is 0. The molecular formula is C60H40N2O. The van der Waals surface area contributed by atoms with Gasteiger partial charge in [0, 0.05) is 50.2 Å². The Labute approximate surface area is 366 Å². The molecule has 12 aromatic rings. The highest BCUT2D eigenvalue weighted by molar-refractivity contribution is 6.10. The lowest BCUT2D eigenvalue weighted by Crippen LogP contribution is -2.11. The minimum absolute atomic E-state index is 0.850. The Kier molecular flexibility index (Phi) is 8.83. The largest absolute Gasteiger partial charge is 0.456 e. The maximum Gasteiger partial charge on any atom is 0.137 e. The molecule has 63 heavy (non-hydrogen) atoms. The number of hydrogen-bond donors (Lipinski definition) is 0. The van der Waals surface area contributed by atoms with E-state index in [1.807, 2.05) is 12.1 Å². The Morgan fingerprint density at radius 2 is 0.841 bits per heavy atom. The van der Waals surface area contributed by atoms with Gasteiger partial charge in [0.15, 0.2) is 0 Å². The summed E-state index contributed by atoms with van der Waals surface area (Å²) in [7, 11) is 0. The highest BCUT2D eigenvalue weighted by atomic mass is 16.3. The standard InChI is InChI=1S/C60H40N2O/c1-3-17-41(18-4-1)43-31-37-49(55(39-43)48-22-8-7-21-47(48)42-19-5-2-6-20-42)50-23-9-13-27-56(50)61(46-36-38-54-53-26-12-16-30-59(53)63-60(54)40-46)44-32-34-45(35-33-44)62-57-28-14-10-24-51(57)52-25-11-15-29-58(52)62/h1-40H. The molecule has 0 saturated heterocycles. The van der Waals surface area contributed by atoms with E-state index in [2.05, 4.69) is 240 Å². The first-order chi connectivity index (χ1) is 31.3. The van der Waals surface area contributed by atoms with E-state index >= 15 is 0 Å². The molecule has 0 bridgehead atoms. The number of nitrogens with zero attached hydrogens (tertiary/aromatic N) is 2. The third-order valence-corrected chi connectivity index (χ3v) is 12.4. The highest BCUT2D eigenvalue weighted by Crippen LogP contribution is 2.47. The lowest BCUT2D eigenvalue weighted by atomic mass is 9.86. The van der Waals surface area contributed by atoms with Crippen LogP contribution in [0.3, 0.4) is 0 Å². The molecule has 296 valence electrons. The zero-order valence-electron chi connectivity index (χ0n) is 34.4. The summed E-state index contributed by atoms with van der Waals surface area (Å²) in [6, 6.07) is 87.2. The summed E-state index contributed by atoms with van der Waals surface area (Å²) >= 11 is 0. The Balaban J connectivity index is 1.08. The molecule has 12 rings (SSSR count). The van der Waals surface area contributed by atoms with E-state index in [1.165, 1.54) is 49.6 Å². The summed E-state index contributed by atoms with van der Waals surface area (Å²) in [4.78, 5) is 2.38. The molecule has 2 heterocycles. The SMILES string of the molecule is c1ccc(-c2ccc(-c3ccccc3N(c3ccc(-n4c5ccccc5c5ccccc54)cc3)c3ccc4c(c3)oc3ccccc34)c(-c3ccccc3-c3ccccc3)c2)cc1. The molecule has 0 aliphatic carbocycles. The molecule has 10 aromatic carbocycles. The van der Waals surface area contributed by atoms with Crippen molar-refractivity contribution in [1.82, 2.24) is 4.57 Å². The molecule has 3 nitrogen and oxygen atoms in total. The van der Waals surface area contributed by atoms with Gasteiger partial charge < -0.3 is 13.9 Å². The number of fused-ring (bicyclic) bond motifs is 6. The fourth-order valence-corrected chi connectivity index (χ4v) is 9.53. The first kappa shape index (κ1) is 36.5. The van der Waals surface area contributed by atoms with Crippen molar-refractivity contribution >= 4 is 60.8 Å². The topological polar surface area (TPSA) is 21.3 Å². The van der Waals surface area contributed by atoms with Gasteiger partial charge in [-0.15, -0.1) is 0 Å². The summed E-state index contributed by atoms with van der Waals surface area (Å²) in [6.07, 6.45) is 0. The van der Waals surface area contributed by atoms with Crippen LogP contribution >= 0.6 is 0 Å². The fraction of sp³-hybridized carbons (Fsp3) is 0. The second-order valence-corrected chi connectivity index (χ2v) is 16.1. The Morgan fingerprint density at radius 3 is 1.57 bits per heavy atom. The third kappa shape index (κ3) is 6.29. The fourth-order valence-electron chi connectivity index (χ4n) is 9.53. The van der Waals surface area contributed by atoms with Gasteiger partial charge in [0.2, 0.25) is 0 Å². The molecule has 3 heteroatoms. The summed E-state index contributed by atoms with van der Waals surface area (Å²) in [5.41, 5.74) is 17.6. The van der Waals surface area contributed by atoms with Gasteiger partial charge in [-0.2, -0.15) is 0 Å². The molecule has 0 saturated carbocycles. The van der Waals surface area contributed by atoms with Crippen LogP contribution in [0, 0.1) is 0 Å². The quantitative estimate of drug-likeness (QED) is 0.153. The van der Waals surface area contributed by atoms with Crippen LogP contribution in [0.1, 0.15) is 0 Å². The van der Waals surface area contributed by atoms with E-state index in [0.29, 0.717) is 0 Å². The van der Waals surface area contributed by atoms with Crippen LogP contribution in [-0.2, 0) is 0 Å². The minimum Gasteiger partial charge on any atom is -0.456 e. The molecule has 0 spiro atoms. The van der Waals surface area contributed by atoms with Gasteiger partial charge in [-0.1, -0.05) is 170 Å². The molecule has 0 unspecified atom stereocenters. The number of aromatic nitrogens is 1. The van der Waals surface area contributed by atoms with Crippen molar-refractivity contribution in [2.75, 3.05) is 4.90 Å². The average Bonchev–Trinajstić information content (AvgIpc) is 3.90. The second kappa shape index (κ2) is 15.3. The van der Waals surface area contributed by atoms with E-state index in [1.54, 1.807) is 0 Å². The number of benzene rings is 10. The van der Waals surface area contributed by atoms with Crippen LogP contribution in [-0.4, -0.2) is 4.57 Å². The van der Waals surface area contributed by atoms with Crippen LogP contribution in [0.5, 0.6) is 0 Å². The lowest BCUT2D eigenvalue weighted by molar-refractivity contribution is 0.669. The molecule has 0 amide bonds. The predicted molar refractivity (Wildman–Crippen MR) is 264 cm³/mol. The molecule has 0 aliphatic heterocycles. The number of anilines is 3. The van der Waals surface area contributed by atoms with Crippen molar-refractivity contribution < 1.29 is 4.42 Å².